The molecule has 0 fully saturated rings. The number of carboxylic acids is 1. The second-order valence-corrected chi connectivity index (χ2v) is 5.49. The van der Waals surface area contributed by atoms with Gasteiger partial charge in [0.25, 0.3) is 0 Å². The van der Waals surface area contributed by atoms with Gasteiger partial charge in [-0.1, -0.05) is 19.9 Å². The molecule has 0 radical (unpaired) electrons. The smallest absolute Gasteiger partial charge is 0.338 e. The number of anilines is 1. The molecule has 0 bridgehead atoms. The molecule has 0 heterocycles. The number of ether oxygens (including phenoxy) is 1. The number of aromatic carboxylic acids is 1. The van der Waals surface area contributed by atoms with Crippen LogP contribution in [0, 0.1) is 5.92 Å². The van der Waals surface area contributed by atoms with E-state index < -0.39 is 5.97 Å². The quantitative estimate of drug-likeness (QED) is 0.753. The predicted molar refractivity (Wildman–Crippen MR) is 79.3 cm³/mol. The second kappa shape index (κ2) is 7.40. The van der Waals surface area contributed by atoms with Crippen molar-refractivity contribution >= 4 is 23.4 Å². The third-order valence-corrected chi connectivity index (χ3v) is 3.73. The average molecular weight is 283 g/mol. The van der Waals surface area contributed by atoms with Crippen LogP contribution in [0.15, 0.2) is 23.1 Å². The molecule has 0 spiro atoms. The van der Waals surface area contributed by atoms with Gasteiger partial charge in [-0.2, -0.15) is 0 Å². The topological polar surface area (TPSA) is 58.6 Å². The van der Waals surface area contributed by atoms with Crippen molar-refractivity contribution in [2.75, 3.05) is 25.3 Å². The molecule has 0 aliphatic rings. The third-order valence-electron chi connectivity index (χ3n) is 2.95. The number of nitrogens with one attached hydrogen (secondary N) is 1. The largest absolute Gasteiger partial charge is 0.478 e. The zero-order chi connectivity index (χ0) is 14.4. The Hall–Kier alpha value is -1.20. The maximum absolute atomic E-state index is 11.4. The van der Waals surface area contributed by atoms with Crippen LogP contribution >= 0.6 is 11.8 Å². The number of benzene rings is 1. The standard InChI is InChI=1S/C14H21NO3S/c1-9(2)11(8-18-3)15-10-6-5-7-12(19-4)13(10)14(16)17/h5-7,9,11,15H,8H2,1-4H3,(H,16,17). The number of methoxy groups -OCH3 is 1. The summed E-state index contributed by atoms with van der Waals surface area (Å²) in [5.74, 6) is -0.563. The Bertz CT molecular complexity index is 435. The molecule has 2 N–H and O–H groups in total. The molecule has 0 saturated carbocycles. The summed E-state index contributed by atoms with van der Waals surface area (Å²) < 4.78 is 5.18. The normalized spacial score (nSPS) is 12.5. The highest BCUT2D eigenvalue weighted by atomic mass is 32.2. The van der Waals surface area contributed by atoms with E-state index in [-0.39, 0.29) is 6.04 Å². The predicted octanol–water partition coefficient (Wildman–Crippen LogP) is 3.19. The van der Waals surface area contributed by atoms with Crippen molar-refractivity contribution in [3.63, 3.8) is 0 Å². The third kappa shape index (κ3) is 4.14. The highest BCUT2D eigenvalue weighted by Gasteiger charge is 2.19. The highest BCUT2D eigenvalue weighted by molar-refractivity contribution is 7.98. The molecule has 4 nitrogen and oxygen atoms in total. The number of carbonyl (C=O) groups is 1. The van der Waals surface area contributed by atoms with Crippen LogP contribution in [-0.4, -0.2) is 37.1 Å². The van der Waals surface area contributed by atoms with E-state index in [9.17, 15) is 9.90 Å². The van der Waals surface area contributed by atoms with Gasteiger partial charge in [-0.05, 0) is 24.3 Å². The average Bonchev–Trinajstić information content (AvgIpc) is 2.37. The van der Waals surface area contributed by atoms with Gasteiger partial charge in [0.2, 0.25) is 0 Å². The number of hydrogen-bond acceptors (Lipinski definition) is 4. The van der Waals surface area contributed by atoms with E-state index in [1.165, 1.54) is 11.8 Å². The second-order valence-electron chi connectivity index (χ2n) is 4.64. The van der Waals surface area contributed by atoms with Crippen molar-refractivity contribution in [2.24, 2.45) is 5.92 Å². The van der Waals surface area contributed by atoms with Crippen LogP contribution in [0.2, 0.25) is 0 Å². The summed E-state index contributed by atoms with van der Waals surface area (Å²) in [4.78, 5) is 12.2. The summed E-state index contributed by atoms with van der Waals surface area (Å²) in [6.45, 7) is 4.70. The van der Waals surface area contributed by atoms with E-state index in [2.05, 4.69) is 19.2 Å². The molecule has 1 atom stereocenters. The van der Waals surface area contributed by atoms with E-state index in [1.54, 1.807) is 13.2 Å². The highest BCUT2D eigenvalue weighted by Crippen LogP contribution is 2.28. The Balaban J connectivity index is 3.08. The van der Waals surface area contributed by atoms with E-state index in [1.807, 2.05) is 18.4 Å². The molecule has 1 aromatic carbocycles. The molecule has 0 aliphatic heterocycles. The molecule has 0 saturated heterocycles. The summed E-state index contributed by atoms with van der Waals surface area (Å²) in [5, 5.41) is 12.7. The molecular formula is C14H21NO3S. The van der Waals surface area contributed by atoms with E-state index in [0.29, 0.717) is 23.8 Å². The molecule has 1 aromatic rings. The van der Waals surface area contributed by atoms with Crippen molar-refractivity contribution in [1.29, 1.82) is 0 Å². The fourth-order valence-electron chi connectivity index (χ4n) is 1.82. The lowest BCUT2D eigenvalue weighted by molar-refractivity contribution is 0.0694. The molecule has 0 amide bonds. The van der Waals surface area contributed by atoms with Gasteiger partial charge < -0.3 is 15.2 Å². The van der Waals surface area contributed by atoms with Gasteiger partial charge in [0.05, 0.1) is 23.9 Å². The maximum Gasteiger partial charge on any atom is 0.338 e. The Morgan fingerprint density at radius 2 is 2.16 bits per heavy atom. The zero-order valence-electron chi connectivity index (χ0n) is 11.8. The van der Waals surface area contributed by atoms with E-state index in [0.717, 1.165) is 4.90 Å². The van der Waals surface area contributed by atoms with Crippen molar-refractivity contribution in [3.05, 3.63) is 23.8 Å². The molecular weight excluding hydrogens is 262 g/mol. The van der Waals surface area contributed by atoms with Gasteiger partial charge in [-0.15, -0.1) is 11.8 Å². The molecule has 5 heteroatoms. The van der Waals surface area contributed by atoms with Crippen LogP contribution in [0.5, 0.6) is 0 Å². The van der Waals surface area contributed by atoms with E-state index >= 15 is 0 Å². The van der Waals surface area contributed by atoms with Crippen molar-refractivity contribution in [3.8, 4) is 0 Å². The molecule has 1 rings (SSSR count). The maximum atomic E-state index is 11.4. The summed E-state index contributed by atoms with van der Waals surface area (Å²) in [7, 11) is 1.65. The zero-order valence-corrected chi connectivity index (χ0v) is 12.6. The number of rotatable bonds is 7. The fourth-order valence-corrected chi connectivity index (χ4v) is 2.44. The molecule has 1 unspecified atom stereocenters. The Morgan fingerprint density at radius 3 is 2.63 bits per heavy atom. The van der Waals surface area contributed by atoms with Gasteiger partial charge in [0.1, 0.15) is 0 Å². The van der Waals surface area contributed by atoms with Gasteiger partial charge in [-0.3, -0.25) is 0 Å². The number of hydrogen-bond donors (Lipinski definition) is 2. The summed E-state index contributed by atoms with van der Waals surface area (Å²) >= 11 is 1.43. The van der Waals surface area contributed by atoms with Crippen LogP contribution in [0.25, 0.3) is 0 Å². The first-order valence-corrected chi connectivity index (χ1v) is 7.39. The Kier molecular flexibility index (Phi) is 6.18. The first-order chi connectivity index (χ1) is 9.01. The van der Waals surface area contributed by atoms with Crippen LogP contribution in [-0.2, 0) is 4.74 Å². The van der Waals surface area contributed by atoms with Crippen molar-refractivity contribution < 1.29 is 14.6 Å². The van der Waals surface area contributed by atoms with Crippen molar-refractivity contribution in [1.82, 2.24) is 0 Å². The molecule has 19 heavy (non-hydrogen) atoms. The van der Waals surface area contributed by atoms with Gasteiger partial charge in [0.15, 0.2) is 0 Å². The van der Waals surface area contributed by atoms with Crippen LogP contribution in [0.3, 0.4) is 0 Å². The van der Waals surface area contributed by atoms with Crippen LogP contribution in [0.4, 0.5) is 5.69 Å². The fraction of sp³-hybridized carbons (Fsp3) is 0.500. The minimum atomic E-state index is -0.910. The summed E-state index contributed by atoms with van der Waals surface area (Å²) in [6.07, 6.45) is 1.88. The lowest BCUT2D eigenvalue weighted by Gasteiger charge is -2.24. The summed E-state index contributed by atoms with van der Waals surface area (Å²) in [6, 6.07) is 5.57. The molecule has 0 aromatic heterocycles. The van der Waals surface area contributed by atoms with Crippen LogP contribution in [0.1, 0.15) is 24.2 Å². The summed E-state index contributed by atoms with van der Waals surface area (Å²) in [5.41, 5.74) is 0.979. The SMILES string of the molecule is COCC(Nc1cccc(SC)c1C(=O)O)C(C)C. The van der Waals surface area contributed by atoms with Crippen LogP contribution < -0.4 is 5.32 Å². The lowest BCUT2D eigenvalue weighted by Crippen LogP contribution is -2.31. The number of carboxylic acid groups (broad SMARTS) is 1. The monoisotopic (exact) mass is 283 g/mol. The Labute approximate surface area is 118 Å². The van der Waals surface area contributed by atoms with Gasteiger partial charge in [0, 0.05) is 12.0 Å². The first kappa shape index (κ1) is 15.9. The minimum absolute atomic E-state index is 0.0835. The number of thioether (sulfide) groups is 1. The van der Waals surface area contributed by atoms with Gasteiger partial charge in [-0.25, -0.2) is 4.79 Å². The van der Waals surface area contributed by atoms with Gasteiger partial charge >= 0.3 is 5.97 Å². The van der Waals surface area contributed by atoms with Crippen molar-refractivity contribution in [2.45, 2.75) is 24.8 Å². The first-order valence-electron chi connectivity index (χ1n) is 6.17. The molecule has 0 aliphatic carbocycles. The van der Waals surface area contributed by atoms with E-state index in [4.69, 9.17) is 4.74 Å². The minimum Gasteiger partial charge on any atom is -0.478 e. The molecule has 106 valence electrons. The Morgan fingerprint density at radius 1 is 1.47 bits per heavy atom. The lowest BCUT2D eigenvalue weighted by atomic mass is 10.0.